The minimum absolute atomic E-state index is 0.196. The summed E-state index contributed by atoms with van der Waals surface area (Å²) in [5.41, 5.74) is 0. The van der Waals surface area contributed by atoms with Gasteiger partial charge in [-0.25, -0.2) is 4.98 Å². The zero-order valence-corrected chi connectivity index (χ0v) is 17.0. The van der Waals surface area contributed by atoms with Crippen LogP contribution in [0.4, 0.5) is 11.9 Å². The lowest BCUT2D eigenvalue weighted by molar-refractivity contribution is 0.120. The van der Waals surface area contributed by atoms with Gasteiger partial charge >= 0.3 is 0 Å². The zero-order chi connectivity index (χ0) is 19.2. The van der Waals surface area contributed by atoms with Crippen LogP contribution in [0.5, 0.6) is 0 Å². The molecule has 10 heteroatoms. The number of aromatic nitrogens is 4. The second kappa shape index (κ2) is 9.69. The van der Waals surface area contributed by atoms with Crippen LogP contribution in [0.15, 0.2) is 28.5 Å². The van der Waals surface area contributed by atoms with Crippen LogP contribution in [-0.4, -0.2) is 58.4 Å². The third kappa shape index (κ3) is 5.44. The number of pyridine rings is 1. The molecule has 8 nitrogen and oxygen atoms in total. The molecule has 2 aliphatic rings. The maximum Gasteiger partial charge on any atom is 0.228 e. The van der Waals surface area contributed by atoms with Gasteiger partial charge in [0.25, 0.3) is 0 Å². The lowest BCUT2D eigenvalue weighted by atomic mass is 10.2. The molecule has 150 valence electrons. The lowest BCUT2D eigenvalue weighted by Gasteiger charge is -2.14. The highest BCUT2D eigenvalue weighted by Crippen LogP contribution is 2.30. The van der Waals surface area contributed by atoms with Gasteiger partial charge in [0, 0.05) is 32.5 Å². The van der Waals surface area contributed by atoms with E-state index in [2.05, 4.69) is 30.6 Å². The van der Waals surface area contributed by atoms with Gasteiger partial charge in [-0.15, -0.1) is 0 Å². The second-order valence-electron chi connectivity index (χ2n) is 6.69. The van der Waals surface area contributed by atoms with Gasteiger partial charge in [0.15, 0.2) is 0 Å². The molecule has 2 unspecified atom stereocenters. The molecule has 0 amide bonds. The lowest BCUT2D eigenvalue weighted by Crippen LogP contribution is -2.22. The molecule has 4 heterocycles. The number of nitrogens with one attached hydrogen (secondary N) is 2. The molecule has 2 atom stereocenters. The number of hydrogen-bond donors (Lipinski definition) is 2. The summed E-state index contributed by atoms with van der Waals surface area (Å²) in [5.74, 6) is 1.02. The van der Waals surface area contributed by atoms with E-state index >= 15 is 0 Å². The van der Waals surface area contributed by atoms with E-state index in [4.69, 9.17) is 21.1 Å². The minimum Gasteiger partial charge on any atom is -0.376 e. The van der Waals surface area contributed by atoms with Gasteiger partial charge in [0.2, 0.25) is 17.1 Å². The van der Waals surface area contributed by atoms with Crippen molar-refractivity contribution >= 4 is 35.3 Å². The van der Waals surface area contributed by atoms with Crippen LogP contribution in [0.1, 0.15) is 25.7 Å². The molecule has 2 fully saturated rings. The average Bonchev–Trinajstić information content (AvgIpc) is 3.41. The molecular formula is C18H23ClN6O2S. The molecule has 2 saturated heterocycles. The summed E-state index contributed by atoms with van der Waals surface area (Å²) in [6.07, 6.45) is 6.37. The highest BCUT2D eigenvalue weighted by molar-refractivity contribution is 7.99. The van der Waals surface area contributed by atoms with Crippen molar-refractivity contribution in [2.45, 2.75) is 48.1 Å². The Morgan fingerprint density at radius 2 is 1.64 bits per heavy atom. The topological polar surface area (TPSA) is 94.1 Å². The molecule has 0 saturated carbocycles. The normalized spacial score (nSPS) is 21.8. The molecule has 2 aromatic heterocycles. The first-order valence-corrected chi connectivity index (χ1v) is 10.7. The van der Waals surface area contributed by atoms with E-state index in [-0.39, 0.29) is 12.2 Å². The van der Waals surface area contributed by atoms with Crippen LogP contribution >= 0.6 is 23.4 Å². The summed E-state index contributed by atoms with van der Waals surface area (Å²) < 4.78 is 11.3. The molecule has 2 aromatic rings. The Hall–Kier alpha value is -1.68. The van der Waals surface area contributed by atoms with Gasteiger partial charge in [-0.3, -0.25) is 0 Å². The third-order valence-electron chi connectivity index (χ3n) is 4.55. The summed E-state index contributed by atoms with van der Waals surface area (Å²) in [7, 11) is 0. The van der Waals surface area contributed by atoms with Crippen molar-refractivity contribution in [2.24, 2.45) is 0 Å². The molecule has 28 heavy (non-hydrogen) atoms. The first-order chi connectivity index (χ1) is 13.8. The van der Waals surface area contributed by atoms with Gasteiger partial charge in [-0.2, -0.15) is 15.0 Å². The molecule has 4 rings (SSSR count). The fourth-order valence-corrected chi connectivity index (χ4v) is 4.07. The van der Waals surface area contributed by atoms with Crippen molar-refractivity contribution < 1.29 is 9.47 Å². The van der Waals surface area contributed by atoms with Gasteiger partial charge in [0.1, 0.15) is 5.03 Å². The third-order valence-corrected chi connectivity index (χ3v) is 5.85. The maximum absolute atomic E-state index is 6.23. The second-order valence-corrected chi connectivity index (χ2v) is 8.05. The van der Waals surface area contributed by atoms with Crippen molar-refractivity contribution in [3.63, 3.8) is 0 Å². The molecule has 0 aromatic carbocycles. The van der Waals surface area contributed by atoms with Crippen molar-refractivity contribution in [3.8, 4) is 0 Å². The predicted molar refractivity (Wildman–Crippen MR) is 108 cm³/mol. The van der Waals surface area contributed by atoms with Crippen LogP contribution in [0, 0.1) is 0 Å². The Balaban J connectivity index is 1.48. The van der Waals surface area contributed by atoms with E-state index in [9.17, 15) is 0 Å². The Bertz CT molecular complexity index is 748. The quantitative estimate of drug-likeness (QED) is 0.664. The fourth-order valence-electron chi connectivity index (χ4n) is 3.11. The van der Waals surface area contributed by atoms with Gasteiger partial charge < -0.3 is 20.1 Å². The summed E-state index contributed by atoms with van der Waals surface area (Å²) >= 11 is 7.54. The summed E-state index contributed by atoms with van der Waals surface area (Å²) in [5, 5.41) is 8.29. The number of anilines is 2. The highest BCUT2D eigenvalue weighted by atomic mass is 35.5. The van der Waals surface area contributed by atoms with Crippen molar-refractivity contribution in [1.29, 1.82) is 0 Å². The number of hydrogen-bond acceptors (Lipinski definition) is 9. The Morgan fingerprint density at radius 1 is 1.00 bits per heavy atom. The standard InChI is InChI=1S/C18H23ClN6O2S/c19-14-6-1-7-20-15(14)28-18-24-16(21-10-12-4-2-8-26-12)23-17(25-18)22-11-13-5-3-9-27-13/h1,6-7,12-13H,2-5,8-11H2,(H2,21,22,23,24,25). The molecule has 0 radical (unpaired) electrons. The van der Waals surface area contributed by atoms with Crippen molar-refractivity contribution in [3.05, 3.63) is 23.4 Å². The van der Waals surface area contributed by atoms with Crippen LogP contribution in [-0.2, 0) is 9.47 Å². The molecule has 2 N–H and O–H groups in total. The van der Waals surface area contributed by atoms with Crippen LogP contribution in [0.25, 0.3) is 0 Å². The number of halogens is 1. The van der Waals surface area contributed by atoms with E-state index in [1.54, 1.807) is 18.3 Å². The first-order valence-electron chi connectivity index (χ1n) is 9.51. The van der Waals surface area contributed by atoms with E-state index < -0.39 is 0 Å². The van der Waals surface area contributed by atoms with Crippen molar-refractivity contribution in [1.82, 2.24) is 19.9 Å². The Morgan fingerprint density at radius 3 is 2.18 bits per heavy atom. The maximum atomic E-state index is 6.23. The Labute approximate surface area is 173 Å². The summed E-state index contributed by atoms with van der Waals surface area (Å²) in [4.78, 5) is 17.8. The van der Waals surface area contributed by atoms with E-state index in [1.165, 1.54) is 11.8 Å². The number of ether oxygens (including phenoxy) is 2. The zero-order valence-electron chi connectivity index (χ0n) is 15.4. The summed E-state index contributed by atoms with van der Waals surface area (Å²) in [6, 6.07) is 3.59. The number of rotatable bonds is 8. The summed E-state index contributed by atoms with van der Waals surface area (Å²) in [6.45, 7) is 2.97. The SMILES string of the molecule is Clc1cccnc1Sc1nc(NCC2CCCO2)nc(NCC2CCCO2)n1. The molecule has 0 spiro atoms. The fraction of sp³-hybridized carbons (Fsp3) is 0.556. The smallest absolute Gasteiger partial charge is 0.228 e. The monoisotopic (exact) mass is 422 g/mol. The van der Waals surface area contributed by atoms with Crippen molar-refractivity contribution in [2.75, 3.05) is 36.9 Å². The predicted octanol–water partition coefficient (Wildman–Crippen LogP) is 3.25. The van der Waals surface area contributed by atoms with Gasteiger partial charge in [0.05, 0.1) is 17.2 Å². The largest absolute Gasteiger partial charge is 0.376 e. The molecule has 0 bridgehead atoms. The van der Waals surface area contributed by atoms with E-state index in [0.717, 1.165) is 38.9 Å². The first kappa shape index (κ1) is 19.6. The van der Waals surface area contributed by atoms with Crippen LogP contribution in [0.3, 0.4) is 0 Å². The van der Waals surface area contributed by atoms with E-state index in [1.807, 2.05) is 0 Å². The molecule has 0 aliphatic carbocycles. The minimum atomic E-state index is 0.196. The van der Waals surface area contributed by atoms with Crippen LogP contribution < -0.4 is 10.6 Å². The number of nitrogens with zero attached hydrogens (tertiary/aromatic N) is 4. The van der Waals surface area contributed by atoms with E-state index in [0.29, 0.717) is 40.2 Å². The average molecular weight is 423 g/mol. The Kier molecular flexibility index (Phi) is 6.79. The molecule has 2 aliphatic heterocycles. The van der Waals surface area contributed by atoms with Gasteiger partial charge in [-0.05, 0) is 49.6 Å². The van der Waals surface area contributed by atoms with Gasteiger partial charge in [-0.1, -0.05) is 11.6 Å². The highest BCUT2D eigenvalue weighted by Gasteiger charge is 2.18. The van der Waals surface area contributed by atoms with Crippen LogP contribution in [0.2, 0.25) is 5.02 Å². The molecular weight excluding hydrogens is 400 g/mol.